The van der Waals surface area contributed by atoms with Gasteiger partial charge in [-0.3, -0.25) is 4.79 Å². The van der Waals surface area contributed by atoms with E-state index in [-0.39, 0.29) is 11.7 Å². The second kappa shape index (κ2) is 9.84. The number of carbonyl (C=O) groups excluding carboxylic acids is 1. The number of ether oxygens (including phenoxy) is 1. The average Bonchev–Trinajstić information content (AvgIpc) is 2.83. The summed E-state index contributed by atoms with van der Waals surface area (Å²) in [7, 11) is 0. The van der Waals surface area contributed by atoms with E-state index in [0.29, 0.717) is 18.5 Å². The van der Waals surface area contributed by atoms with Crippen LogP contribution in [0.25, 0.3) is 0 Å². The summed E-state index contributed by atoms with van der Waals surface area (Å²) >= 11 is 1.75. The molecule has 0 atom stereocenters. The van der Waals surface area contributed by atoms with E-state index in [1.807, 2.05) is 26.4 Å². The van der Waals surface area contributed by atoms with Crippen LogP contribution < -0.4 is 15.4 Å². The van der Waals surface area contributed by atoms with Crippen LogP contribution >= 0.6 is 11.8 Å². The van der Waals surface area contributed by atoms with E-state index in [0.717, 1.165) is 18.7 Å². The maximum absolute atomic E-state index is 12.3. The van der Waals surface area contributed by atoms with E-state index in [1.54, 1.807) is 23.9 Å². The lowest BCUT2D eigenvalue weighted by molar-refractivity contribution is -0.121. The zero-order chi connectivity index (χ0) is 18.2. The van der Waals surface area contributed by atoms with E-state index in [9.17, 15) is 13.6 Å². The monoisotopic (exact) mass is 360 g/mol. The highest BCUT2D eigenvalue weighted by Crippen LogP contribution is 2.45. The van der Waals surface area contributed by atoms with Gasteiger partial charge in [0.05, 0.1) is 5.41 Å². The summed E-state index contributed by atoms with van der Waals surface area (Å²) in [4.78, 5) is 12.2. The number of alkyl halides is 2. The van der Waals surface area contributed by atoms with Crippen molar-refractivity contribution in [3.8, 4) is 5.75 Å². The van der Waals surface area contributed by atoms with Gasteiger partial charge in [-0.25, -0.2) is 0 Å². The van der Waals surface area contributed by atoms with Crippen LogP contribution in [0.4, 0.5) is 14.5 Å². The largest absolute Gasteiger partial charge is 0.435 e. The molecule has 2 N–H and O–H groups in total. The highest BCUT2D eigenvalue weighted by molar-refractivity contribution is 7.97. The minimum absolute atomic E-state index is 0.0433. The Morgan fingerprint density at radius 3 is 2.33 bits per heavy atom. The fourth-order valence-electron chi connectivity index (χ4n) is 2.92. The molecule has 1 aromatic carbocycles. The van der Waals surface area contributed by atoms with Crippen molar-refractivity contribution in [2.24, 2.45) is 0 Å². The molecule has 1 amide bonds. The Labute approximate surface area is 146 Å². The Balaban J connectivity index is 0.000000521. The van der Waals surface area contributed by atoms with Crippen LogP contribution in [0.3, 0.4) is 0 Å². The molecule has 0 aliphatic carbocycles. The van der Waals surface area contributed by atoms with Gasteiger partial charge in [0.1, 0.15) is 5.75 Å². The number of carbonyl (C=O) groups is 1. The van der Waals surface area contributed by atoms with Gasteiger partial charge in [-0.1, -0.05) is 13.8 Å². The molecule has 2 aliphatic rings. The van der Waals surface area contributed by atoms with Crippen molar-refractivity contribution in [3.05, 3.63) is 23.8 Å². The first-order valence-corrected chi connectivity index (χ1v) is 9.68. The van der Waals surface area contributed by atoms with Crippen molar-refractivity contribution < 1.29 is 18.3 Å². The van der Waals surface area contributed by atoms with E-state index in [4.69, 9.17) is 0 Å². The number of rotatable bonds is 2. The van der Waals surface area contributed by atoms with Crippen molar-refractivity contribution in [2.75, 3.05) is 30.9 Å². The highest BCUT2D eigenvalue weighted by atomic mass is 32.2. The van der Waals surface area contributed by atoms with Gasteiger partial charge in [-0.05, 0) is 62.2 Å². The molecule has 1 saturated heterocycles. The fourth-order valence-corrected chi connectivity index (χ4v) is 2.92. The molecule has 0 unspecified atom stereocenters. The Hall–Kier alpha value is -1.34. The molecule has 2 aliphatic heterocycles. The van der Waals surface area contributed by atoms with Crippen LogP contribution in [0, 0.1) is 0 Å². The summed E-state index contributed by atoms with van der Waals surface area (Å²) in [6.45, 7) is 2.63. The van der Waals surface area contributed by atoms with Gasteiger partial charge >= 0.3 is 6.61 Å². The standard InChI is InChI=1S/C13H14F2N2O2.C2H6S.C2H6/c14-12(15)19-8-1-2-10-9(7-8)13(11(18)17-10)3-5-16-6-4-13;1-3-2;1-2/h1-2,7,12,16H,3-6H2,(H,17,18);1-2H3;1-2H3. The molecule has 2 heterocycles. The average molecular weight is 360 g/mol. The molecule has 0 radical (unpaired) electrons. The molecular formula is C17H26F2N2O2S. The van der Waals surface area contributed by atoms with Crippen molar-refractivity contribution in [1.29, 1.82) is 0 Å². The first kappa shape index (κ1) is 20.7. The molecule has 7 heteroatoms. The maximum Gasteiger partial charge on any atom is 0.387 e. The number of fused-ring (bicyclic) bond motifs is 2. The van der Waals surface area contributed by atoms with Crippen LogP contribution in [0.1, 0.15) is 32.3 Å². The van der Waals surface area contributed by atoms with E-state index < -0.39 is 12.0 Å². The molecule has 0 aromatic heterocycles. The molecule has 24 heavy (non-hydrogen) atoms. The van der Waals surface area contributed by atoms with Gasteiger partial charge in [-0.15, -0.1) is 0 Å². The smallest absolute Gasteiger partial charge is 0.387 e. The van der Waals surface area contributed by atoms with Crippen LogP contribution in [0.5, 0.6) is 5.75 Å². The number of piperidine rings is 1. The molecule has 1 spiro atoms. The Morgan fingerprint density at radius 2 is 1.79 bits per heavy atom. The first-order chi connectivity index (χ1) is 11.5. The summed E-state index contributed by atoms with van der Waals surface area (Å²) in [5, 5.41) is 6.03. The number of thioether (sulfide) groups is 1. The normalized spacial score (nSPS) is 17.2. The second-order valence-corrected chi connectivity index (χ2v) is 6.10. The SMILES string of the molecule is CC.CSC.O=C1Nc2ccc(OC(F)F)cc2C12CCNCC2. The van der Waals surface area contributed by atoms with Crippen LogP contribution in [0.2, 0.25) is 0 Å². The van der Waals surface area contributed by atoms with E-state index >= 15 is 0 Å². The minimum atomic E-state index is -2.85. The Morgan fingerprint density at radius 1 is 1.21 bits per heavy atom. The van der Waals surface area contributed by atoms with Crippen LogP contribution in [-0.4, -0.2) is 38.1 Å². The van der Waals surface area contributed by atoms with Gasteiger partial charge in [0.2, 0.25) is 5.91 Å². The predicted octanol–water partition coefficient (Wildman–Crippen LogP) is 3.87. The van der Waals surface area contributed by atoms with Gasteiger partial charge in [0, 0.05) is 5.69 Å². The predicted molar refractivity (Wildman–Crippen MR) is 96.3 cm³/mol. The number of nitrogens with one attached hydrogen (secondary N) is 2. The Bertz CT molecular complexity index is 535. The summed E-state index contributed by atoms with van der Waals surface area (Å²) in [5.74, 6) is 0.0568. The summed E-state index contributed by atoms with van der Waals surface area (Å²) in [6.07, 6.45) is 5.42. The molecule has 1 aromatic rings. The lowest BCUT2D eigenvalue weighted by Gasteiger charge is -2.32. The Kier molecular flexibility index (Phi) is 8.48. The summed E-state index contributed by atoms with van der Waals surface area (Å²) in [5.41, 5.74) is 0.882. The molecule has 136 valence electrons. The third-order valence-corrected chi connectivity index (χ3v) is 3.87. The van der Waals surface area contributed by atoms with Gasteiger partial charge in [-0.2, -0.15) is 20.5 Å². The third kappa shape index (κ3) is 4.60. The lowest BCUT2D eigenvalue weighted by Crippen LogP contribution is -2.44. The highest BCUT2D eigenvalue weighted by Gasteiger charge is 2.47. The van der Waals surface area contributed by atoms with Gasteiger partial charge < -0.3 is 15.4 Å². The van der Waals surface area contributed by atoms with Crippen molar-refractivity contribution >= 4 is 23.4 Å². The molecule has 0 bridgehead atoms. The van der Waals surface area contributed by atoms with Crippen molar-refractivity contribution in [3.63, 3.8) is 0 Å². The number of halogens is 2. The van der Waals surface area contributed by atoms with E-state index in [2.05, 4.69) is 15.4 Å². The summed E-state index contributed by atoms with van der Waals surface area (Å²) < 4.78 is 29.0. The fraction of sp³-hybridized carbons (Fsp3) is 0.588. The van der Waals surface area contributed by atoms with Crippen molar-refractivity contribution in [1.82, 2.24) is 5.32 Å². The third-order valence-electron chi connectivity index (χ3n) is 3.87. The quantitative estimate of drug-likeness (QED) is 0.841. The zero-order valence-corrected chi connectivity index (χ0v) is 15.4. The molecule has 4 nitrogen and oxygen atoms in total. The number of amides is 1. The van der Waals surface area contributed by atoms with E-state index in [1.165, 1.54) is 6.07 Å². The molecule has 0 saturated carbocycles. The number of hydrogen-bond acceptors (Lipinski definition) is 4. The number of benzene rings is 1. The molecule has 1 fully saturated rings. The zero-order valence-electron chi connectivity index (χ0n) is 14.6. The van der Waals surface area contributed by atoms with Gasteiger partial charge in [0.15, 0.2) is 0 Å². The topological polar surface area (TPSA) is 50.4 Å². The number of anilines is 1. The minimum Gasteiger partial charge on any atom is -0.435 e. The maximum atomic E-state index is 12.3. The van der Waals surface area contributed by atoms with Gasteiger partial charge in [0.25, 0.3) is 0 Å². The van der Waals surface area contributed by atoms with Crippen LogP contribution in [0.15, 0.2) is 18.2 Å². The molecular weight excluding hydrogens is 334 g/mol. The molecule has 3 rings (SSSR count). The second-order valence-electron chi connectivity index (χ2n) is 5.28. The number of hydrogen-bond donors (Lipinski definition) is 2. The van der Waals surface area contributed by atoms with Crippen LogP contribution in [-0.2, 0) is 10.2 Å². The lowest BCUT2D eigenvalue weighted by atomic mass is 9.74. The first-order valence-electron chi connectivity index (χ1n) is 8.05. The van der Waals surface area contributed by atoms with Crippen molar-refractivity contribution in [2.45, 2.75) is 38.7 Å². The summed E-state index contributed by atoms with van der Waals surface area (Å²) in [6, 6.07) is 4.64.